The van der Waals surface area contributed by atoms with Crippen LogP contribution in [0.1, 0.15) is 35.5 Å². The lowest BCUT2D eigenvalue weighted by molar-refractivity contribution is 0.236. The fourth-order valence-electron chi connectivity index (χ4n) is 2.80. The normalized spacial score (nSPS) is 12.1. The van der Waals surface area contributed by atoms with Gasteiger partial charge in [0.05, 0.1) is 12.6 Å². The number of fused-ring (bicyclic) bond motifs is 1. The smallest absolute Gasteiger partial charge is 0.315 e. The Labute approximate surface area is 145 Å². The number of carbonyl (C=O) groups excluding carboxylic acids is 1. The van der Waals surface area contributed by atoms with Crippen molar-refractivity contribution in [3.8, 4) is 0 Å². The van der Waals surface area contributed by atoms with E-state index in [0.29, 0.717) is 11.3 Å². The Morgan fingerprint density at radius 1 is 1.24 bits per heavy atom. The number of aromatic nitrogens is 1. The van der Waals surface area contributed by atoms with Crippen LogP contribution in [0.15, 0.2) is 45.6 Å². The lowest BCUT2D eigenvalue weighted by Crippen LogP contribution is -2.37. The molecule has 0 aliphatic carbocycles. The average molecular weight is 339 g/mol. The Balaban J connectivity index is 1.63. The zero-order valence-corrected chi connectivity index (χ0v) is 14.5. The van der Waals surface area contributed by atoms with Crippen LogP contribution in [0, 0.1) is 13.8 Å². The second kappa shape index (κ2) is 6.84. The summed E-state index contributed by atoms with van der Waals surface area (Å²) in [5.74, 6) is 0.681. The fraction of sp³-hybridized carbons (Fsp3) is 0.263. The molecule has 2 aromatic heterocycles. The van der Waals surface area contributed by atoms with Gasteiger partial charge in [0, 0.05) is 16.6 Å². The number of furan rings is 1. The molecule has 0 spiro atoms. The van der Waals surface area contributed by atoms with E-state index < -0.39 is 0 Å². The maximum Gasteiger partial charge on any atom is 0.315 e. The number of hydrogen-bond donors (Lipinski definition) is 3. The lowest BCUT2D eigenvalue weighted by atomic mass is 10.1. The molecule has 3 aromatic rings. The summed E-state index contributed by atoms with van der Waals surface area (Å²) in [6.07, 6.45) is 0. The van der Waals surface area contributed by atoms with E-state index in [1.807, 2.05) is 57.2 Å². The van der Waals surface area contributed by atoms with Crippen molar-refractivity contribution in [3.63, 3.8) is 0 Å². The number of pyridine rings is 1. The van der Waals surface area contributed by atoms with Crippen molar-refractivity contribution in [2.75, 3.05) is 0 Å². The number of benzene rings is 1. The first-order chi connectivity index (χ1) is 11.9. The summed E-state index contributed by atoms with van der Waals surface area (Å²) in [5, 5.41) is 6.54. The molecule has 0 fully saturated rings. The van der Waals surface area contributed by atoms with Crippen LogP contribution in [0.25, 0.3) is 11.0 Å². The molecule has 25 heavy (non-hydrogen) atoms. The number of rotatable bonds is 4. The predicted molar refractivity (Wildman–Crippen MR) is 96.5 cm³/mol. The second-order valence-corrected chi connectivity index (χ2v) is 6.18. The molecular formula is C19H21N3O3. The number of aromatic amines is 1. The number of nitrogens with one attached hydrogen (secondary N) is 3. The number of amides is 2. The van der Waals surface area contributed by atoms with Crippen molar-refractivity contribution in [1.29, 1.82) is 0 Å². The first-order valence-electron chi connectivity index (χ1n) is 8.16. The predicted octanol–water partition coefficient (Wildman–Crippen LogP) is 3.30. The highest BCUT2D eigenvalue weighted by molar-refractivity contribution is 5.78. The highest BCUT2D eigenvalue weighted by atomic mass is 16.3. The average Bonchev–Trinajstić information content (AvgIpc) is 2.98. The third-order valence-electron chi connectivity index (χ3n) is 4.14. The fourth-order valence-corrected chi connectivity index (χ4v) is 2.80. The van der Waals surface area contributed by atoms with E-state index >= 15 is 0 Å². The third kappa shape index (κ3) is 3.74. The Morgan fingerprint density at radius 2 is 2.00 bits per heavy atom. The Kier molecular flexibility index (Phi) is 4.61. The summed E-state index contributed by atoms with van der Waals surface area (Å²) in [6.45, 7) is 5.70. The molecule has 1 aromatic carbocycles. The SMILES string of the molecule is Cc1cc(C)c(CNC(=O)NC(C)c2cc3ccccc3o2)c(=O)[nH]1. The Bertz CT molecular complexity index is 938. The van der Waals surface area contributed by atoms with Crippen molar-refractivity contribution in [3.05, 3.63) is 69.3 Å². The number of para-hydroxylation sites is 1. The Hall–Kier alpha value is -3.02. The number of hydrogen-bond acceptors (Lipinski definition) is 3. The highest BCUT2D eigenvalue weighted by Gasteiger charge is 2.14. The second-order valence-electron chi connectivity index (χ2n) is 6.18. The van der Waals surface area contributed by atoms with Crippen LogP contribution in [0.2, 0.25) is 0 Å². The van der Waals surface area contributed by atoms with E-state index in [-0.39, 0.29) is 24.2 Å². The molecule has 0 radical (unpaired) electrons. The molecule has 0 saturated heterocycles. The van der Waals surface area contributed by atoms with Gasteiger partial charge in [-0.15, -0.1) is 0 Å². The molecule has 0 saturated carbocycles. The molecule has 0 bridgehead atoms. The minimum atomic E-state index is -0.354. The van der Waals surface area contributed by atoms with E-state index in [1.165, 1.54) is 0 Å². The highest BCUT2D eigenvalue weighted by Crippen LogP contribution is 2.23. The summed E-state index contributed by atoms with van der Waals surface area (Å²) in [7, 11) is 0. The van der Waals surface area contributed by atoms with Gasteiger partial charge in [-0.3, -0.25) is 4.79 Å². The van der Waals surface area contributed by atoms with Gasteiger partial charge in [-0.25, -0.2) is 4.79 Å². The lowest BCUT2D eigenvalue weighted by Gasteiger charge is -2.13. The number of aryl methyl sites for hydroxylation is 2. The number of carbonyl (C=O) groups is 1. The summed E-state index contributed by atoms with van der Waals surface area (Å²) >= 11 is 0. The molecule has 130 valence electrons. The topological polar surface area (TPSA) is 87.1 Å². The first-order valence-corrected chi connectivity index (χ1v) is 8.16. The van der Waals surface area contributed by atoms with Gasteiger partial charge in [-0.05, 0) is 44.5 Å². The standard InChI is InChI=1S/C19H21N3O3/c1-11-8-12(2)21-18(23)15(11)10-20-19(24)22-13(3)17-9-14-6-4-5-7-16(14)25-17/h4-9,13H,10H2,1-3H3,(H,21,23)(H2,20,22,24). The largest absolute Gasteiger partial charge is 0.459 e. The van der Waals surface area contributed by atoms with Crippen LogP contribution in [-0.2, 0) is 6.54 Å². The summed E-state index contributed by atoms with van der Waals surface area (Å²) < 4.78 is 5.75. The minimum absolute atomic E-state index is 0.167. The van der Waals surface area contributed by atoms with Gasteiger partial charge in [0.15, 0.2) is 0 Å². The van der Waals surface area contributed by atoms with E-state index in [1.54, 1.807) is 0 Å². The van der Waals surface area contributed by atoms with Crippen molar-refractivity contribution in [2.45, 2.75) is 33.4 Å². The van der Waals surface area contributed by atoms with Crippen LogP contribution in [0.3, 0.4) is 0 Å². The number of H-pyrrole nitrogens is 1. The number of urea groups is 1. The van der Waals surface area contributed by atoms with Crippen molar-refractivity contribution >= 4 is 17.0 Å². The molecule has 0 aliphatic rings. The van der Waals surface area contributed by atoms with Crippen LogP contribution >= 0.6 is 0 Å². The molecule has 2 heterocycles. The van der Waals surface area contributed by atoms with Crippen molar-refractivity contribution < 1.29 is 9.21 Å². The minimum Gasteiger partial charge on any atom is -0.459 e. The quantitative estimate of drug-likeness (QED) is 0.681. The molecule has 6 nitrogen and oxygen atoms in total. The maximum absolute atomic E-state index is 12.1. The molecule has 0 aliphatic heterocycles. The van der Waals surface area contributed by atoms with Gasteiger partial charge in [-0.1, -0.05) is 18.2 Å². The monoisotopic (exact) mass is 339 g/mol. The van der Waals surface area contributed by atoms with Gasteiger partial charge in [0.25, 0.3) is 5.56 Å². The zero-order chi connectivity index (χ0) is 18.0. The molecule has 3 rings (SSSR count). The summed E-state index contributed by atoms with van der Waals surface area (Å²) in [6, 6.07) is 10.8. The van der Waals surface area contributed by atoms with E-state index in [4.69, 9.17) is 4.42 Å². The zero-order valence-electron chi connectivity index (χ0n) is 14.5. The molecule has 1 unspecified atom stereocenters. The van der Waals surface area contributed by atoms with E-state index in [9.17, 15) is 9.59 Å². The molecular weight excluding hydrogens is 318 g/mol. The van der Waals surface area contributed by atoms with Gasteiger partial charge in [0.2, 0.25) is 0 Å². The van der Waals surface area contributed by atoms with Gasteiger partial charge < -0.3 is 20.0 Å². The maximum atomic E-state index is 12.1. The summed E-state index contributed by atoms with van der Waals surface area (Å²) in [4.78, 5) is 26.8. The van der Waals surface area contributed by atoms with Gasteiger partial charge in [-0.2, -0.15) is 0 Å². The van der Waals surface area contributed by atoms with Crippen molar-refractivity contribution in [1.82, 2.24) is 15.6 Å². The van der Waals surface area contributed by atoms with Gasteiger partial charge >= 0.3 is 6.03 Å². The van der Waals surface area contributed by atoms with Crippen molar-refractivity contribution in [2.24, 2.45) is 0 Å². The van der Waals surface area contributed by atoms with Gasteiger partial charge in [0.1, 0.15) is 11.3 Å². The summed E-state index contributed by atoms with van der Waals surface area (Å²) in [5.41, 5.74) is 2.81. The molecule has 6 heteroatoms. The Morgan fingerprint density at radius 3 is 2.72 bits per heavy atom. The van der Waals surface area contributed by atoms with Crippen LogP contribution < -0.4 is 16.2 Å². The molecule has 3 N–H and O–H groups in total. The van der Waals surface area contributed by atoms with Crippen LogP contribution in [-0.4, -0.2) is 11.0 Å². The molecule has 2 amide bonds. The first kappa shape index (κ1) is 16.8. The van der Waals surface area contributed by atoms with E-state index in [2.05, 4.69) is 15.6 Å². The molecule has 1 atom stereocenters. The van der Waals surface area contributed by atoms with E-state index in [0.717, 1.165) is 22.2 Å². The van der Waals surface area contributed by atoms with Crippen LogP contribution in [0.5, 0.6) is 0 Å². The third-order valence-corrected chi connectivity index (χ3v) is 4.14. The van der Waals surface area contributed by atoms with Crippen LogP contribution in [0.4, 0.5) is 4.79 Å².